The Morgan fingerprint density at radius 3 is 2.71 bits per heavy atom. The number of carboxylic acid groups (broad SMARTS) is 1. The zero-order valence-electron chi connectivity index (χ0n) is 13.0. The van der Waals surface area contributed by atoms with Gasteiger partial charge >= 0.3 is 5.97 Å². The van der Waals surface area contributed by atoms with Crippen LogP contribution < -0.4 is 4.72 Å². The minimum absolute atomic E-state index is 0.121. The molecule has 1 aromatic rings. The lowest BCUT2D eigenvalue weighted by Crippen LogP contribution is -2.32. The molecule has 9 heteroatoms. The van der Waals surface area contributed by atoms with Crippen LogP contribution in [0.2, 0.25) is 0 Å². The van der Waals surface area contributed by atoms with Crippen molar-refractivity contribution in [3.63, 3.8) is 0 Å². The third kappa shape index (κ3) is 2.86. The molecule has 0 aliphatic carbocycles. The zero-order valence-corrected chi connectivity index (χ0v) is 13.8. The van der Waals surface area contributed by atoms with E-state index in [1.165, 1.54) is 11.0 Å². The Balaban J connectivity index is 1.74. The van der Waals surface area contributed by atoms with E-state index in [4.69, 9.17) is 5.11 Å². The first kappa shape index (κ1) is 16.4. The number of fused-ring (bicyclic) bond motifs is 1. The van der Waals surface area contributed by atoms with Crippen molar-refractivity contribution in [3.05, 3.63) is 29.8 Å². The average molecular weight is 351 g/mol. The van der Waals surface area contributed by atoms with Crippen LogP contribution in [0.15, 0.2) is 34.2 Å². The lowest BCUT2D eigenvalue weighted by atomic mass is 9.99. The number of sulfonamides is 1. The molecule has 0 unspecified atom stereocenters. The molecule has 1 amide bonds. The highest BCUT2D eigenvalue weighted by Gasteiger charge is 2.37. The van der Waals surface area contributed by atoms with Crippen molar-refractivity contribution in [1.29, 1.82) is 0 Å². The summed E-state index contributed by atoms with van der Waals surface area (Å²) in [5.74, 6) is -1.79. The number of carbonyl (C=O) groups excluding carboxylic acids is 1. The van der Waals surface area contributed by atoms with Gasteiger partial charge in [-0.2, -0.15) is 0 Å². The Labute approximate surface area is 139 Å². The van der Waals surface area contributed by atoms with Crippen molar-refractivity contribution in [3.8, 4) is 0 Å². The summed E-state index contributed by atoms with van der Waals surface area (Å²) in [6.07, 6.45) is 0. The van der Waals surface area contributed by atoms with Gasteiger partial charge in [-0.1, -0.05) is 19.1 Å². The van der Waals surface area contributed by atoms with Gasteiger partial charge in [0.15, 0.2) is 0 Å². The molecule has 24 heavy (non-hydrogen) atoms. The summed E-state index contributed by atoms with van der Waals surface area (Å²) in [5, 5.41) is 9.11. The summed E-state index contributed by atoms with van der Waals surface area (Å²) in [6, 6.07) is 6.40. The maximum atomic E-state index is 12.2. The molecule has 2 atom stereocenters. The van der Waals surface area contributed by atoms with Crippen molar-refractivity contribution in [2.24, 2.45) is 16.8 Å². The molecule has 1 saturated heterocycles. The summed E-state index contributed by atoms with van der Waals surface area (Å²) in [7, 11) is -3.63. The second-order valence-corrected chi connectivity index (χ2v) is 7.64. The van der Waals surface area contributed by atoms with E-state index < -0.39 is 21.9 Å². The highest BCUT2D eigenvalue weighted by molar-refractivity contribution is 7.90. The van der Waals surface area contributed by atoms with E-state index >= 15 is 0 Å². The summed E-state index contributed by atoms with van der Waals surface area (Å²) < 4.78 is 26.3. The van der Waals surface area contributed by atoms with Gasteiger partial charge in [0.25, 0.3) is 10.0 Å². The number of carboxylic acids is 1. The van der Waals surface area contributed by atoms with Gasteiger partial charge in [0.1, 0.15) is 12.4 Å². The SMILES string of the molecule is C[C@@H]1CN(C(=O)CN=C2NS(=O)(=O)c3ccccc32)C[C@H]1C(=O)O. The number of nitrogens with one attached hydrogen (secondary N) is 1. The van der Waals surface area contributed by atoms with Crippen LogP contribution in [0, 0.1) is 11.8 Å². The fourth-order valence-electron chi connectivity index (χ4n) is 2.99. The Bertz CT molecular complexity index is 833. The number of aliphatic imine (C=N–C) groups is 1. The molecule has 0 saturated carbocycles. The Hall–Kier alpha value is -2.42. The fourth-order valence-corrected chi connectivity index (χ4v) is 4.24. The van der Waals surface area contributed by atoms with Gasteiger partial charge in [-0.05, 0) is 18.1 Å². The normalized spacial score (nSPS) is 26.2. The van der Waals surface area contributed by atoms with E-state index in [2.05, 4.69) is 9.71 Å². The molecule has 0 spiro atoms. The van der Waals surface area contributed by atoms with Gasteiger partial charge in [0, 0.05) is 18.7 Å². The molecular formula is C15H17N3O5S. The third-order valence-corrected chi connectivity index (χ3v) is 5.71. The Morgan fingerprint density at radius 1 is 1.33 bits per heavy atom. The minimum atomic E-state index is -3.63. The Morgan fingerprint density at radius 2 is 2.04 bits per heavy atom. The molecule has 2 aliphatic rings. The number of carbonyl (C=O) groups is 2. The monoisotopic (exact) mass is 351 g/mol. The minimum Gasteiger partial charge on any atom is -0.481 e. The molecule has 2 heterocycles. The number of likely N-dealkylation sites (tertiary alicyclic amines) is 1. The van der Waals surface area contributed by atoms with Gasteiger partial charge in [-0.25, -0.2) is 8.42 Å². The lowest BCUT2D eigenvalue weighted by Gasteiger charge is -2.14. The van der Waals surface area contributed by atoms with E-state index in [-0.39, 0.29) is 35.6 Å². The van der Waals surface area contributed by atoms with Gasteiger partial charge < -0.3 is 10.0 Å². The van der Waals surface area contributed by atoms with E-state index in [0.29, 0.717) is 12.1 Å². The van der Waals surface area contributed by atoms with Crippen molar-refractivity contribution in [2.45, 2.75) is 11.8 Å². The molecule has 1 aromatic carbocycles. The Kier molecular flexibility index (Phi) is 4.04. The molecule has 3 rings (SSSR count). The maximum Gasteiger partial charge on any atom is 0.308 e. The maximum absolute atomic E-state index is 12.2. The molecule has 2 N–H and O–H groups in total. The van der Waals surface area contributed by atoms with Crippen molar-refractivity contribution < 1.29 is 23.1 Å². The van der Waals surface area contributed by atoms with Crippen LogP contribution in [0.3, 0.4) is 0 Å². The van der Waals surface area contributed by atoms with E-state index in [1.807, 2.05) is 0 Å². The number of hydrogen-bond acceptors (Lipinski definition) is 5. The highest BCUT2D eigenvalue weighted by Crippen LogP contribution is 2.24. The molecule has 2 aliphatic heterocycles. The molecule has 1 fully saturated rings. The second kappa shape index (κ2) is 5.90. The van der Waals surface area contributed by atoms with Crippen LogP contribution in [0.5, 0.6) is 0 Å². The van der Waals surface area contributed by atoms with Gasteiger partial charge in [-0.15, -0.1) is 0 Å². The van der Waals surface area contributed by atoms with Gasteiger partial charge in [0.05, 0.1) is 10.8 Å². The quantitative estimate of drug-likeness (QED) is 0.789. The van der Waals surface area contributed by atoms with Crippen molar-refractivity contribution in [1.82, 2.24) is 9.62 Å². The number of rotatable bonds is 3. The molecule has 0 aromatic heterocycles. The summed E-state index contributed by atoms with van der Waals surface area (Å²) >= 11 is 0. The standard InChI is InChI=1S/C15H17N3O5S/c1-9-7-18(8-11(9)15(20)21)13(19)6-16-14-10-4-2-3-5-12(10)24(22,23)17-14/h2-5,9,11H,6-8H2,1H3,(H,16,17)(H,20,21)/t9-,11-/m1/s1. The van der Waals surface area contributed by atoms with Crippen LogP contribution in [0.4, 0.5) is 0 Å². The van der Waals surface area contributed by atoms with Crippen LogP contribution >= 0.6 is 0 Å². The average Bonchev–Trinajstić information content (AvgIpc) is 3.04. The van der Waals surface area contributed by atoms with Crippen molar-refractivity contribution >= 4 is 27.7 Å². The number of benzene rings is 1. The first-order chi connectivity index (χ1) is 11.3. The molecule has 8 nitrogen and oxygen atoms in total. The lowest BCUT2D eigenvalue weighted by molar-refractivity contribution is -0.142. The highest BCUT2D eigenvalue weighted by atomic mass is 32.2. The summed E-state index contributed by atoms with van der Waals surface area (Å²) in [5.41, 5.74) is 0.434. The van der Waals surface area contributed by atoms with E-state index in [0.717, 1.165) is 0 Å². The van der Waals surface area contributed by atoms with Crippen LogP contribution in [0.25, 0.3) is 0 Å². The van der Waals surface area contributed by atoms with Crippen LogP contribution in [0.1, 0.15) is 12.5 Å². The first-order valence-electron chi connectivity index (χ1n) is 7.47. The number of aliphatic carboxylic acids is 1. The predicted molar refractivity (Wildman–Crippen MR) is 85.0 cm³/mol. The van der Waals surface area contributed by atoms with Crippen molar-refractivity contribution in [2.75, 3.05) is 19.6 Å². The number of amides is 1. The topological polar surface area (TPSA) is 116 Å². The molecule has 128 valence electrons. The largest absolute Gasteiger partial charge is 0.481 e. The number of amidine groups is 1. The third-order valence-electron chi connectivity index (χ3n) is 4.32. The molecule has 0 bridgehead atoms. The molecule has 0 radical (unpaired) electrons. The summed E-state index contributed by atoms with van der Waals surface area (Å²) in [6.45, 7) is 2.08. The predicted octanol–water partition coefficient (Wildman–Crippen LogP) is -0.0958. The van der Waals surface area contributed by atoms with E-state index in [1.54, 1.807) is 25.1 Å². The smallest absolute Gasteiger partial charge is 0.308 e. The number of nitrogens with zero attached hydrogens (tertiary/aromatic N) is 2. The summed E-state index contributed by atoms with van der Waals surface area (Å²) in [4.78, 5) is 29.0. The molecular weight excluding hydrogens is 334 g/mol. The fraction of sp³-hybridized carbons (Fsp3) is 0.400. The van der Waals surface area contributed by atoms with E-state index in [9.17, 15) is 18.0 Å². The van der Waals surface area contributed by atoms with Crippen LogP contribution in [-0.2, 0) is 19.6 Å². The zero-order chi connectivity index (χ0) is 17.5. The first-order valence-corrected chi connectivity index (χ1v) is 8.95. The van der Waals surface area contributed by atoms with Gasteiger partial charge in [0.2, 0.25) is 5.91 Å². The van der Waals surface area contributed by atoms with Crippen LogP contribution in [-0.4, -0.2) is 55.8 Å². The number of hydrogen-bond donors (Lipinski definition) is 2. The second-order valence-electron chi connectivity index (χ2n) is 5.99. The van der Waals surface area contributed by atoms with Gasteiger partial charge in [-0.3, -0.25) is 19.3 Å².